The van der Waals surface area contributed by atoms with Gasteiger partial charge in [0.1, 0.15) is 22.6 Å². The van der Waals surface area contributed by atoms with Crippen LogP contribution < -0.4 is 26.0 Å². The zero-order valence-corrected chi connectivity index (χ0v) is 15.9. The lowest BCUT2D eigenvalue weighted by atomic mass is 10.2. The van der Waals surface area contributed by atoms with Gasteiger partial charge >= 0.3 is 5.63 Å². The van der Waals surface area contributed by atoms with Crippen molar-refractivity contribution >= 4 is 22.8 Å². The molecule has 0 spiro atoms. The van der Waals surface area contributed by atoms with E-state index in [0.717, 1.165) is 0 Å². The number of nitrogens with one attached hydrogen (secondary N) is 2. The van der Waals surface area contributed by atoms with Crippen LogP contribution in [0.15, 0.2) is 63.8 Å². The maximum Gasteiger partial charge on any atom is 0.349 e. The first-order valence-corrected chi connectivity index (χ1v) is 9.00. The van der Waals surface area contributed by atoms with E-state index in [4.69, 9.17) is 13.9 Å². The van der Waals surface area contributed by atoms with Gasteiger partial charge in [0.2, 0.25) is 0 Å². The van der Waals surface area contributed by atoms with Gasteiger partial charge in [0.25, 0.3) is 11.8 Å². The van der Waals surface area contributed by atoms with Crippen molar-refractivity contribution in [3.05, 3.63) is 70.6 Å². The SMILES string of the molecule is CCOc1ccc(OC(C)C(=O)NNC(=O)c2cc3ccccc3oc2=O)cc1. The minimum Gasteiger partial charge on any atom is -0.494 e. The second-order valence-corrected chi connectivity index (χ2v) is 6.09. The van der Waals surface area contributed by atoms with Crippen molar-refractivity contribution in [3.63, 3.8) is 0 Å². The Balaban J connectivity index is 1.58. The van der Waals surface area contributed by atoms with Gasteiger partial charge in [-0.15, -0.1) is 0 Å². The van der Waals surface area contributed by atoms with Crippen LogP contribution in [0, 0.1) is 0 Å². The van der Waals surface area contributed by atoms with Gasteiger partial charge in [0.05, 0.1) is 6.61 Å². The highest BCUT2D eigenvalue weighted by atomic mass is 16.5. The van der Waals surface area contributed by atoms with Gasteiger partial charge in [-0.05, 0) is 50.2 Å². The number of para-hydroxylation sites is 1. The number of benzene rings is 2. The Morgan fingerprint density at radius 3 is 2.45 bits per heavy atom. The Labute approximate surface area is 166 Å². The first-order valence-electron chi connectivity index (χ1n) is 9.00. The zero-order valence-electron chi connectivity index (χ0n) is 15.9. The maximum atomic E-state index is 12.3. The molecule has 8 heteroatoms. The maximum absolute atomic E-state index is 12.3. The molecular weight excluding hydrogens is 376 g/mol. The molecule has 0 aliphatic heterocycles. The molecule has 1 aromatic heterocycles. The average molecular weight is 396 g/mol. The van der Waals surface area contributed by atoms with Gasteiger partial charge in [0, 0.05) is 5.39 Å². The molecule has 3 aromatic rings. The number of amides is 2. The molecule has 0 saturated heterocycles. The molecule has 0 fully saturated rings. The van der Waals surface area contributed by atoms with E-state index in [1.807, 2.05) is 6.92 Å². The molecule has 1 unspecified atom stereocenters. The Kier molecular flexibility index (Phi) is 6.13. The smallest absolute Gasteiger partial charge is 0.349 e. The summed E-state index contributed by atoms with van der Waals surface area (Å²) in [6.45, 7) is 3.96. The molecule has 0 saturated carbocycles. The van der Waals surface area contributed by atoms with Crippen molar-refractivity contribution < 1.29 is 23.5 Å². The van der Waals surface area contributed by atoms with Crippen molar-refractivity contribution in [2.24, 2.45) is 0 Å². The number of rotatable bonds is 6. The summed E-state index contributed by atoms with van der Waals surface area (Å²) in [4.78, 5) is 36.4. The van der Waals surface area contributed by atoms with Crippen LogP contribution in [0.3, 0.4) is 0 Å². The summed E-state index contributed by atoms with van der Waals surface area (Å²) in [6, 6.07) is 15.0. The van der Waals surface area contributed by atoms with Crippen LogP contribution in [0.5, 0.6) is 11.5 Å². The van der Waals surface area contributed by atoms with Gasteiger partial charge in [-0.2, -0.15) is 0 Å². The summed E-state index contributed by atoms with van der Waals surface area (Å²) in [5, 5.41) is 0.593. The molecule has 3 rings (SSSR count). The molecule has 0 radical (unpaired) electrons. The van der Waals surface area contributed by atoms with Crippen molar-refractivity contribution in [2.45, 2.75) is 20.0 Å². The highest BCUT2D eigenvalue weighted by Crippen LogP contribution is 2.18. The highest BCUT2D eigenvalue weighted by molar-refractivity contribution is 5.97. The Hall–Kier alpha value is -3.81. The van der Waals surface area contributed by atoms with E-state index in [0.29, 0.717) is 29.1 Å². The Morgan fingerprint density at radius 2 is 1.72 bits per heavy atom. The van der Waals surface area contributed by atoms with Crippen LogP contribution in [0.1, 0.15) is 24.2 Å². The molecule has 0 aliphatic rings. The predicted octanol–water partition coefficient (Wildman–Crippen LogP) is 2.42. The molecule has 150 valence electrons. The molecule has 0 aliphatic carbocycles. The summed E-state index contributed by atoms with van der Waals surface area (Å²) in [5.41, 5.74) is 3.79. The summed E-state index contributed by atoms with van der Waals surface area (Å²) in [6.07, 6.45) is -0.888. The van der Waals surface area contributed by atoms with Crippen LogP contribution in [0.2, 0.25) is 0 Å². The molecule has 29 heavy (non-hydrogen) atoms. The summed E-state index contributed by atoms with van der Waals surface area (Å²) in [7, 11) is 0. The summed E-state index contributed by atoms with van der Waals surface area (Å²) >= 11 is 0. The van der Waals surface area contributed by atoms with E-state index in [2.05, 4.69) is 10.9 Å². The number of carbonyl (C=O) groups excluding carboxylic acids is 2. The van der Waals surface area contributed by atoms with Crippen molar-refractivity contribution in [2.75, 3.05) is 6.61 Å². The summed E-state index contributed by atoms with van der Waals surface area (Å²) < 4.78 is 16.0. The second kappa shape index (κ2) is 8.92. The molecule has 1 atom stereocenters. The lowest BCUT2D eigenvalue weighted by Gasteiger charge is -2.15. The van der Waals surface area contributed by atoms with Crippen LogP contribution >= 0.6 is 0 Å². The number of carbonyl (C=O) groups is 2. The standard InChI is InChI=1S/C21H20N2O6/c1-3-27-15-8-10-16(11-9-15)28-13(2)19(24)22-23-20(25)17-12-14-6-4-5-7-18(14)29-21(17)26/h4-13H,3H2,1-2H3,(H,22,24)(H,23,25). The minimum atomic E-state index is -0.888. The first-order chi connectivity index (χ1) is 14.0. The largest absolute Gasteiger partial charge is 0.494 e. The van der Waals surface area contributed by atoms with E-state index in [-0.39, 0.29) is 5.56 Å². The molecule has 2 N–H and O–H groups in total. The molecule has 1 heterocycles. The molecule has 2 amide bonds. The van der Waals surface area contributed by atoms with E-state index in [1.165, 1.54) is 13.0 Å². The van der Waals surface area contributed by atoms with Crippen molar-refractivity contribution in [1.82, 2.24) is 10.9 Å². The van der Waals surface area contributed by atoms with Gasteiger partial charge in [-0.1, -0.05) is 18.2 Å². The van der Waals surface area contributed by atoms with Crippen molar-refractivity contribution in [1.29, 1.82) is 0 Å². The van der Waals surface area contributed by atoms with Crippen LogP contribution in [0.25, 0.3) is 11.0 Å². The monoisotopic (exact) mass is 396 g/mol. The third-order valence-electron chi connectivity index (χ3n) is 4.00. The van der Waals surface area contributed by atoms with E-state index < -0.39 is 23.5 Å². The fourth-order valence-electron chi connectivity index (χ4n) is 2.55. The lowest BCUT2D eigenvalue weighted by molar-refractivity contribution is -0.128. The molecule has 0 bridgehead atoms. The molecule has 2 aromatic carbocycles. The zero-order chi connectivity index (χ0) is 20.8. The summed E-state index contributed by atoms with van der Waals surface area (Å²) in [5.74, 6) is -0.209. The number of ether oxygens (including phenoxy) is 2. The van der Waals surface area contributed by atoms with Crippen LogP contribution in [-0.2, 0) is 4.79 Å². The highest BCUT2D eigenvalue weighted by Gasteiger charge is 2.18. The molecular formula is C21H20N2O6. The van der Waals surface area contributed by atoms with Crippen LogP contribution in [-0.4, -0.2) is 24.5 Å². The quantitative estimate of drug-likeness (QED) is 0.490. The van der Waals surface area contributed by atoms with Gasteiger partial charge < -0.3 is 13.9 Å². The first kappa shape index (κ1) is 19.9. The van der Waals surface area contributed by atoms with E-state index in [9.17, 15) is 14.4 Å². The number of hydrazine groups is 1. The number of hydrogen-bond donors (Lipinski definition) is 2. The topological polar surface area (TPSA) is 107 Å². The van der Waals surface area contributed by atoms with E-state index >= 15 is 0 Å². The minimum absolute atomic E-state index is 0.218. The Bertz CT molecular complexity index is 1070. The predicted molar refractivity (Wildman–Crippen MR) is 106 cm³/mol. The average Bonchev–Trinajstić information content (AvgIpc) is 2.72. The fraction of sp³-hybridized carbons (Fsp3) is 0.190. The lowest BCUT2D eigenvalue weighted by Crippen LogP contribution is -2.48. The fourth-order valence-corrected chi connectivity index (χ4v) is 2.55. The van der Waals surface area contributed by atoms with Gasteiger partial charge in [0.15, 0.2) is 6.10 Å². The Morgan fingerprint density at radius 1 is 1.03 bits per heavy atom. The van der Waals surface area contributed by atoms with Crippen LogP contribution in [0.4, 0.5) is 0 Å². The molecule has 8 nitrogen and oxygen atoms in total. The van der Waals surface area contributed by atoms with Crippen molar-refractivity contribution in [3.8, 4) is 11.5 Å². The third-order valence-corrected chi connectivity index (χ3v) is 4.00. The number of fused-ring (bicyclic) bond motifs is 1. The van der Waals surface area contributed by atoms with Gasteiger partial charge in [-0.3, -0.25) is 20.4 Å². The van der Waals surface area contributed by atoms with Gasteiger partial charge in [-0.25, -0.2) is 4.79 Å². The third kappa shape index (κ3) is 4.92. The van der Waals surface area contributed by atoms with E-state index in [1.54, 1.807) is 48.5 Å². The second-order valence-electron chi connectivity index (χ2n) is 6.09. The normalized spacial score (nSPS) is 11.5. The number of hydrogen-bond acceptors (Lipinski definition) is 6.